The van der Waals surface area contributed by atoms with Gasteiger partial charge < -0.3 is 4.74 Å². The minimum Gasteiger partial charge on any atom is -0.496 e. The number of carbonyl (C=O) groups is 1. The molecule has 0 bridgehead atoms. The van der Waals surface area contributed by atoms with Gasteiger partial charge in [-0.25, -0.2) is 4.39 Å². The number of aromatic nitrogens is 1. The summed E-state index contributed by atoms with van der Waals surface area (Å²) in [5, 5.41) is 0. The predicted molar refractivity (Wildman–Crippen MR) is 79.1 cm³/mol. The van der Waals surface area contributed by atoms with Crippen molar-refractivity contribution >= 4 is 5.78 Å². The number of carbonyl (C=O) groups excluding carboxylic acids is 1. The third kappa shape index (κ3) is 3.66. The van der Waals surface area contributed by atoms with Crippen molar-refractivity contribution in [1.29, 1.82) is 0 Å². The van der Waals surface area contributed by atoms with E-state index in [-0.39, 0.29) is 24.4 Å². The number of Topliss-reactive ketones (excluding diaryl/α,β-unsaturated/α-hetero) is 1. The molecule has 1 heterocycles. The third-order valence-corrected chi connectivity index (χ3v) is 3.40. The van der Waals surface area contributed by atoms with Crippen LogP contribution in [0.1, 0.15) is 22.4 Å². The van der Waals surface area contributed by atoms with Crippen molar-refractivity contribution in [1.82, 2.24) is 4.98 Å². The number of nitrogens with zero attached hydrogens (tertiary/aromatic N) is 1. The molecule has 0 saturated heterocycles. The predicted octanol–water partition coefficient (Wildman–Crippen LogP) is 3.20. The maximum absolute atomic E-state index is 13.1. The molecule has 0 fully saturated rings. The molecule has 0 aliphatic rings. The van der Waals surface area contributed by atoms with Gasteiger partial charge in [0.05, 0.1) is 12.8 Å². The lowest BCUT2D eigenvalue weighted by Gasteiger charge is -2.11. The van der Waals surface area contributed by atoms with Crippen molar-refractivity contribution in [3.8, 4) is 5.75 Å². The zero-order valence-corrected chi connectivity index (χ0v) is 12.4. The van der Waals surface area contributed by atoms with Gasteiger partial charge in [-0.1, -0.05) is 12.1 Å². The molecule has 3 nitrogen and oxygen atoms in total. The fraction of sp³-hybridized carbons (Fsp3) is 0.294. The van der Waals surface area contributed by atoms with Gasteiger partial charge in [0.2, 0.25) is 0 Å². The number of methoxy groups -OCH3 is 1. The van der Waals surface area contributed by atoms with Gasteiger partial charge >= 0.3 is 0 Å². The van der Waals surface area contributed by atoms with E-state index in [0.29, 0.717) is 11.3 Å². The number of benzene rings is 1. The molecule has 0 aliphatic carbocycles. The number of hydrogen-bond donors (Lipinski definition) is 0. The maximum Gasteiger partial charge on any atom is 0.143 e. The van der Waals surface area contributed by atoms with E-state index in [1.807, 2.05) is 13.8 Å². The Kier molecular flexibility index (Phi) is 4.68. The smallest absolute Gasteiger partial charge is 0.143 e. The van der Waals surface area contributed by atoms with Crippen molar-refractivity contribution in [3.63, 3.8) is 0 Å². The molecule has 0 unspecified atom stereocenters. The summed E-state index contributed by atoms with van der Waals surface area (Å²) in [6.07, 6.45) is 2.13. The van der Waals surface area contributed by atoms with E-state index in [1.54, 1.807) is 25.4 Å². The van der Waals surface area contributed by atoms with Gasteiger partial charge in [0.25, 0.3) is 0 Å². The summed E-state index contributed by atoms with van der Waals surface area (Å²) in [5.74, 6) is 0.437. The highest BCUT2D eigenvalue weighted by Crippen LogP contribution is 2.24. The molecular formula is C17H18FNO2. The fourth-order valence-corrected chi connectivity index (χ4v) is 2.37. The van der Waals surface area contributed by atoms with Crippen molar-refractivity contribution in [2.75, 3.05) is 7.11 Å². The largest absolute Gasteiger partial charge is 0.496 e. The SMILES string of the molecule is COc1c(C)cnc(CC(=O)Cc2cccc(F)c2)c1C. The Bertz CT molecular complexity index is 668. The second-order valence-corrected chi connectivity index (χ2v) is 5.07. The van der Waals surface area contributed by atoms with Crippen LogP contribution in [0.25, 0.3) is 0 Å². The van der Waals surface area contributed by atoms with Crippen molar-refractivity contribution in [2.45, 2.75) is 26.7 Å². The Balaban J connectivity index is 2.13. The highest BCUT2D eigenvalue weighted by molar-refractivity contribution is 5.83. The molecule has 4 heteroatoms. The lowest BCUT2D eigenvalue weighted by Crippen LogP contribution is -2.10. The second-order valence-electron chi connectivity index (χ2n) is 5.07. The summed E-state index contributed by atoms with van der Waals surface area (Å²) < 4.78 is 18.4. The van der Waals surface area contributed by atoms with Crippen LogP contribution in [0.15, 0.2) is 30.5 Å². The highest BCUT2D eigenvalue weighted by Gasteiger charge is 2.13. The second kappa shape index (κ2) is 6.48. The Hall–Kier alpha value is -2.23. The Labute approximate surface area is 123 Å². The summed E-state index contributed by atoms with van der Waals surface area (Å²) in [7, 11) is 1.60. The summed E-state index contributed by atoms with van der Waals surface area (Å²) in [6.45, 7) is 3.81. The third-order valence-electron chi connectivity index (χ3n) is 3.40. The van der Waals surface area contributed by atoms with E-state index in [1.165, 1.54) is 12.1 Å². The molecule has 2 rings (SSSR count). The maximum atomic E-state index is 13.1. The molecule has 21 heavy (non-hydrogen) atoms. The summed E-state index contributed by atoms with van der Waals surface area (Å²) in [4.78, 5) is 16.4. The number of halogens is 1. The van der Waals surface area contributed by atoms with Crippen LogP contribution in [0.2, 0.25) is 0 Å². The van der Waals surface area contributed by atoms with Gasteiger partial charge in [0, 0.05) is 30.2 Å². The van der Waals surface area contributed by atoms with Gasteiger partial charge in [-0.05, 0) is 31.5 Å². The minimum absolute atomic E-state index is 0.00195. The molecule has 110 valence electrons. The average Bonchev–Trinajstić information content (AvgIpc) is 2.42. The Morgan fingerprint density at radius 2 is 2.05 bits per heavy atom. The minimum atomic E-state index is -0.327. The van der Waals surface area contributed by atoms with E-state index < -0.39 is 0 Å². The standard InChI is InChI=1S/C17H18FNO2/c1-11-10-19-16(12(2)17(11)21-3)9-15(20)8-13-5-4-6-14(18)7-13/h4-7,10H,8-9H2,1-3H3. The Morgan fingerprint density at radius 3 is 2.71 bits per heavy atom. The monoisotopic (exact) mass is 287 g/mol. The quantitative estimate of drug-likeness (QED) is 0.847. The summed E-state index contributed by atoms with van der Waals surface area (Å²) >= 11 is 0. The molecule has 1 aromatic heterocycles. The molecule has 0 aliphatic heterocycles. The summed E-state index contributed by atoms with van der Waals surface area (Å²) in [6, 6.07) is 6.10. The first-order chi connectivity index (χ1) is 10.0. The molecule has 0 spiro atoms. The van der Waals surface area contributed by atoms with Crippen LogP contribution in [-0.2, 0) is 17.6 Å². The molecule has 0 amide bonds. The van der Waals surface area contributed by atoms with Gasteiger partial charge in [0.1, 0.15) is 17.3 Å². The number of ketones is 1. The van der Waals surface area contributed by atoms with E-state index in [9.17, 15) is 9.18 Å². The van der Waals surface area contributed by atoms with Crippen LogP contribution in [0.5, 0.6) is 5.75 Å². The first-order valence-electron chi connectivity index (χ1n) is 6.76. The van der Waals surface area contributed by atoms with Crippen LogP contribution < -0.4 is 4.74 Å². The first-order valence-corrected chi connectivity index (χ1v) is 6.76. The van der Waals surface area contributed by atoms with Gasteiger partial charge in [0.15, 0.2) is 0 Å². The van der Waals surface area contributed by atoms with E-state index in [0.717, 1.165) is 16.9 Å². The highest BCUT2D eigenvalue weighted by atomic mass is 19.1. The van der Waals surface area contributed by atoms with Gasteiger partial charge in [-0.3, -0.25) is 9.78 Å². The zero-order chi connectivity index (χ0) is 15.4. The summed E-state index contributed by atoms with van der Waals surface area (Å²) in [5.41, 5.74) is 3.21. The van der Waals surface area contributed by atoms with Gasteiger partial charge in [-0.15, -0.1) is 0 Å². The molecule has 0 radical (unpaired) electrons. The Morgan fingerprint density at radius 1 is 1.29 bits per heavy atom. The van der Waals surface area contributed by atoms with E-state index >= 15 is 0 Å². The average molecular weight is 287 g/mol. The zero-order valence-electron chi connectivity index (χ0n) is 12.4. The van der Waals surface area contributed by atoms with E-state index in [2.05, 4.69) is 4.98 Å². The van der Waals surface area contributed by atoms with Crippen molar-refractivity contribution in [3.05, 3.63) is 58.7 Å². The van der Waals surface area contributed by atoms with Gasteiger partial charge in [-0.2, -0.15) is 0 Å². The molecule has 0 N–H and O–H groups in total. The first kappa shape index (κ1) is 15.2. The van der Waals surface area contributed by atoms with Crippen LogP contribution in [0, 0.1) is 19.7 Å². The van der Waals surface area contributed by atoms with Crippen LogP contribution in [0.4, 0.5) is 4.39 Å². The number of aryl methyl sites for hydroxylation is 1. The molecule has 0 saturated carbocycles. The topological polar surface area (TPSA) is 39.2 Å². The van der Waals surface area contributed by atoms with Crippen molar-refractivity contribution in [2.24, 2.45) is 0 Å². The van der Waals surface area contributed by atoms with Crippen LogP contribution in [-0.4, -0.2) is 17.9 Å². The lowest BCUT2D eigenvalue weighted by molar-refractivity contribution is -0.117. The number of hydrogen-bond acceptors (Lipinski definition) is 3. The fourth-order valence-electron chi connectivity index (χ4n) is 2.37. The van der Waals surface area contributed by atoms with Crippen LogP contribution in [0.3, 0.4) is 0 Å². The number of ether oxygens (including phenoxy) is 1. The molecule has 1 aromatic carbocycles. The van der Waals surface area contributed by atoms with Crippen molar-refractivity contribution < 1.29 is 13.9 Å². The van der Waals surface area contributed by atoms with E-state index in [4.69, 9.17) is 4.74 Å². The lowest BCUT2D eigenvalue weighted by atomic mass is 10.0. The molecule has 0 atom stereocenters. The van der Waals surface area contributed by atoms with Crippen LogP contribution >= 0.6 is 0 Å². The molecule has 2 aromatic rings. The normalized spacial score (nSPS) is 10.5. The number of rotatable bonds is 5. The molecular weight excluding hydrogens is 269 g/mol. The number of pyridine rings is 1.